The second-order valence-electron chi connectivity index (χ2n) is 5.49. The minimum absolute atomic E-state index is 0.563. The molecule has 5 nitrogen and oxygen atoms in total. The molecule has 0 aliphatic carbocycles. The molecule has 2 atom stereocenters. The Bertz CT molecular complexity index is 452. The predicted molar refractivity (Wildman–Crippen MR) is 80.9 cm³/mol. The largest absolute Gasteiger partial charge is 0.497 e. The van der Waals surface area contributed by atoms with E-state index in [-0.39, 0.29) is 0 Å². The lowest BCUT2D eigenvalue weighted by Gasteiger charge is -2.22. The van der Waals surface area contributed by atoms with Gasteiger partial charge in [0.2, 0.25) is 0 Å². The van der Waals surface area contributed by atoms with Gasteiger partial charge in [-0.1, -0.05) is 0 Å². The van der Waals surface area contributed by atoms with Gasteiger partial charge in [0.1, 0.15) is 11.5 Å². The van der Waals surface area contributed by atoms with Gasteiger partial charge in [-0.3, -0.25) is 0 Å². The summed E-state index contributed by atoms with van der Waals surface area (Å²) in [6.45, 7) is 3.38. The molecule has 0 amide bonds. The molecule has 1 saturated heterocycles. The summed E-state index contributed by atoms with van der Waals surface area (Å²) in [5, 5.41) is 10.5. The maximum atomic E-state index is 10.5. The van der Waals surface area contributed by atoms with Crippen LogP contribution in [0.15, 0.2) is 18.2 Å². The van der Waals surface area contributed by atoms with Crippen molar-refractivity contribution in [3.63, 3.8) is 0 Å². The molecule has 0 saturated carbocycles. The average molecular weight is 295 g/mol. The fourth-order valence-electron chi connectivity index (χ4n) is 2.89. The van der Waals surface area contributed by atoms with Crippen molar-refractivity contribution >= 4 is 0 Å². The lowest BCUT2D eigenvalue weighted by atomic mass is 10.1. The van der Waals surface area contributed by atoms with Crippen LogP contribution in [-0.4, -0.2) is 57.6 Å². The molecule has 1 aromatic rings. The molecular weight excluding hydrogens is 270 g/mol. The highest BCUT2D eigenvalue weighted by Crippen LogP contribution is 2.30. The zero-order valence-corrected chi connectivity index (χ0v) is 13.0. The first-order valence-corrected chi connectivity index (χ1v) is 7.29. The number of hydrogen-bond donors (Lipinski definition) is 1. The molecule has 5 heteroatoms. The van der Waals surface area contributed by atoms with E-state index in [1.807, 2.05) is 12.1 Å². The van der Waals surface area contributed by atoms with Crippen LogP contribution in [0.25, 0.3) is 0 Å². The van der Waals surface area contributed by atoms with Crippen LogP contribution in [0.5, 0.6) is 11.5 Å². The number of aliphatic hydroxyl groups excluding tert-OH is 1. The highest BCUT2D eigenvalue weighted by atomic mass is 16.5. The Morgan fingerprint density at radius 1 is 1.29 bits per heavy atom. The molecule has 1 aliphatic heterocycles. The molecule has 0 bridgehead atoms. The van der Waals surface area contributed by atoms with Crippen LogP contribution in [0.3, 0.4) is 0 Å². The first-order valence-electron chi connectivity index (χ1n) is 7.29. The van der Waals surface area contributed by atoms with Crippen LogP contribution in [0, 0.1) is 5.92 Å². The summed E-state index contributed by atoms with van der Waals surface area (Å²) in [6, 6.07) is 5.51. The van der Waals surface area contributed by atoms with E-state index in [0.717, 1.165) is 37.4 Å². The van der Waals surface area contributed by atoms with E-state index < -0.39 is 6.10 Å². The Hall–Kier alpha value is -1.30. The summed E-state index contributed by atoms with van der Waals surface area (Å²) in [5.74, 6) is 1.96. The molecule has 0 radical (unpaired) electrons. The Balaban J connectivity index is 1.98. The van der Waals surface area contributed by atoms with Crippen molar-refractivity contribution in [1.82, 2.24) is 4.90 Å². The molecule has 2 rings (SSSR count). The second kappa shape index (κ2) is 7.64. The van der Waals surface area contributed by atoms with E-state index in [1.54, 1.807) is 27.4 Å². The van der Waals surface area contributed by atoms with Crippen LogP contribution in [0.2, 0.25) is 0 Å². The number of rotatable bonds is 7. The van der Waals surface area contributed by atoms with E-state index in [4.69, 9.17) is 14.2 Å². The van der Waals surface area contributed by atoms with E-state index >= 15 is 0 Å². The van der Waals surface area contributed by atoms with Crippen LogP contribution in [0.4, 0.5) is 0 Å². The van der Waals surface area contributed by atoms with Gasteiger partial charge in [-0.05, 0) is 31.0 Å². The molecule has 0 aromatic heterocycles. The van der Waals surface area contributed by atoms with Gasteiger partial charge in [-0.15, -0.1) is 0 Å². The summed E-state index contributed by atoms with van der Waals surface area (Å²) in [4.78, 5) is 2.28. The molecular formula is C16H25NO4. The summed E-state index contributed by atoms with van der Waals surface area (Å²) in [5.41, 5.74) is 0.800. The first kappa shape index (κ1) is 16.1. The minimum atomic E-state index is -0.563. The molecule has 21 heavy (non-hydrogen) atoms. The van der Waals surface area contributed by atoms with Gasteiger partial charge >= 0.3 is 0 Å². The third-order valence-corrected chi connectivity index (χ3v) is 4.00. The summed E-state index contributed by atoms with van der Waals surface area (Å²) < 4.78 is 15.7. The van der Waals surface area contributed by atoms with E-state index in [2.05, 4.69) is 4.90 Å². The third-order valence-electron chi connectivity index (χ3n) is 4.00. The third kappa shape index (κ3) is 4.09. The number of benzene rings is 1. The molecule has 1 N–H and O–H groups in total. The van der Waals surface area contributed by atoms with Gasteiger partial charge in [0.05, 0.1) is 26.9 Å². The zero-order valence-electron chi connectivity index (χ0n) is 13.0. The highest BCUT2D eigenvalue weighted by molar-refractivity contribution is 5.42. The second-order valence-corrected chi connectivity index (χ2v) is 5.49. The summed E-state index contributed by atoms with van der Waals surface area (Å²) in [6.07, 6.45) is 0.562. The fraction of sp³-hybridized carbons (Fsp3) is 0.625. The van der Waals surface area contributed by atoms with Crippen LogP contribution < -0.4 is 9.47 Å². The lowest BCUT2D eigenvalue weighted by Crippen LogP contribution is -2.27. The van der Waals surface area contributed by atoms with E-state index in [0.29, 0.717) is 18.2 Å². The molecule has 0 spiro atoms. The number of likely N-dealkylation sites (tertiary alicyclic amines) is 1. The number of nitrogens with zero attached hydrogens (tertiary/aromatic N) is 1. The monoisotopic (exact) mass is 295 g/mol. The van der Waals surface area contributed by atoms with Crippen molar-refractivity contribution in [3.8, 4) is 11.5 Å². The Kier molecular flexibility index (Phi) is 5.85. The van der Waals surface area contributed by atoms with E-state index in [1.165, 1.54) is 0 Å². The van der Waals surface area contributed by atoms with Crippen molar-refractivity contribution in [2.45, 2.75) is 12.5 Å². The van der Waals surface area contributed by atoms with Crippen LogP contribution >= 0.6 is 0 Å². The van der Waals surface area contributed by atoms with E-state index in [9.17, 15) is 5.11 Å². The highest BCUT2D eigenvalue weighted by Gasteiger charge is 2.25. The SMILES string of the molecule is COCC1CCN(CC(O)c2ccc(OC)cc2OC)C1. The van der Waals surface area contributed by atoms with Crippen molar-refractivity contribution in [2.24, 2.45) is 5.92 Å². The maximum absolute atomic E-state index is 10.5. The number of aliphatic hydroxyl groups is 1. The van der Waals surface area contributed by atoms with Gasteiger partial charge in [0.25, 0.3) is 0 Å². The van der Waals surface area contributed by atoms with Crippen molar-refractivity contribution in [2.75, 3.05) is 47.6 Å². The number of methoxy groups -OCH3 is 3. The van der Waals surface area contributed by atoms with Crippen LogP contribution in [0.1, 0.15) is 18.1 Å². The Labute approximate surface area is 126 Å². The standard InChI is InChI=1S/C16H25NO4/c1-19-11-12-6-7-17(9-12)10-15(18)14-5-4-13(20-2)8-16(14)21-3/h4-5,8,12,15,18H,6-7,9-11H2,1-3H3. The fourth-order valence-corrected chi connectivity index (χ4v) is 2.89. The van der Waals surface area contributed by atoms with Gasteiger partial charge < -0.3 is 24.2 Å². The number of hydrogen-bond acceptors (Lipinski definition) is 5. The zero-order chi connectivity index (χ0) is 15.2. The number of β-amino-alcohol motifs (C(OH)–C–C–N with tert-alkyl or cyclic N) is 1. The van der Waals surface area contributed by atoms with Crippen molar-refractivity contribution < 1.29 is 19.3 Å². The molecule has 1 heterocycles. The predicted octanol–water partition coefficient (Wildman–Crippen LogP) is 1.71. The average Bonchev–Trinajstić information content (AvgIpc) is 2.94. The van der Waals surface area contributed by atoms with Crippen molar-refractivity contribution in [1.29, 1.82) is 0 Å². The normalized spacial score (nSPS) is 20.5. The summed E-state index contributed by atoms with van der Waals surface area (Å²) >= 11 is 0. The van der Waals surface area contributed by atoms with Gasteiger partial charge in [-0.2, -0.15) is 0 Å². The Morgan fingerprint density at radius 2 is 2.10 bits per heavy atom. The maximum Gasteiger partial charge on any atom is 0.128 e. The molecule has 2 unspecified atom stereocenters. The van der Waals surface area contributed by atoms with Crippen molar-refractivity contribution in [3.05, 3.63) is 23.8 Å². The molecule has 118 valence electrons. The smallest absolute Gasteiger partial charge is 0.128 e. The summed E-state index contributed by atoms with van der Waals surface area (Å²) in [7, 11) is 4.96. The minimum Gasteiger partial charge on any atom is -0.497 e. The van der Waals surface area contributed by atoms with Gasteiger partial charge in [0.15, 0.2) is 0 Å². The topological polar surface area (TPSA) is 51.2 Å². The van der Waals surface area contributed by atoms with Gasteiger partial charge in [0, 0.05) is 31.8 Å². The van der Waals surface area contributed by atoms with Crippen LogP contribution in [-0.2, 0) is 4.74 Å². The first-order chi connectivity index (χ1) is 10.2. The lowest BCUT2D eigenvalue weighted by molar-refractivity contribution is 0.113. The van der Waals surface area contributed by atoms with Gasteiger partial charge in [-0.25, -0.2) is 0 Å². The molecule has 1 aromatic carbocycles. The quantitative estimate of drug-likeness (QED) is 0.830. The molecule has 1 fully saturated rings. The molecule has 1 aliphatic rings. The number of ether oxygens (including phenoxy) is 3. The Morgan fingerprint density at radius 3 is 2.76 bits per heavy atom.